The summed E-state index contributed by atoms with van der Waals surface area (Å²) in [5.74, 6) is 0.876. The van der Waals surface area contributed by atoms with Gasteiger partial charge in [0, 0.05) is 30.2 Å². The van der Waals surface area contributed by atoms with Crippen molar-refractivity contribution in [1.82, 2.24) is 9.88 Å². The number of benzene rings is 1. The SMILES string of the molecule is CNCc1cccn1-c1cccc(OC)c1. The Morgan fingerprint density at radius 3 is 2.88 bits per heavy atom. The molecule has 0 spiro atoms. The molecule has 0 saturated heterocycles. The first kappa shape index (κ1) is 10.8. The van der Waals surface area contributed by atoms with E-state index in [1.165, 1.54) is 5.69 Å². The fourth-order valence-corrected chi connectivity index (χ4v) is 1.75. The van der Waals surface area contributed by atoms with Crippen LogP contribution in [-0.2, 0) is 6.54 Å². The number of hydrogen-bond donors (Lipinski definition) is 1. The van der Waals surface area contributed by atoms with Crippen molar-refractivity contribution in [3.8, 4) is 11.4 Å². The first-order chi connectivity index (χ1) is 7.85. The molecule has 2 aromatic rings. The van der Waals surface area contributed by atoms with Crippen molar-refractivity contribution in [1.29, 1.82) is 0 Å². The van der Waals surface area contributed by atoms with Crippen molar-refractivity contribution in [2.45, 2.75) is 6.54 Å². The van der Waals surface area contributed by atoms with Gasteiger partial charge in [-0.3, -0.25) is 0 Å². The maximum Gasteiger partial charge on any atom is 0.120 e. The average Bonchev–Trinajstić information content (AvgIpc) is 2.78. The number of aromatic nitrogens is 1. The molecule has 0 radical (unpaired) electrons. The fraction of sp³-hybridized carbons (Fsp3) is 0.231. The van der Waals surface area contributed by atoms with Gasteiger partial charge in [-0.15, -0.1) is 0 Å². The topological polar surface area (TPSA) is 26.2 Å². The van der Waals surface area contributed by atoms with Crippen LogP contribution < -0.4 is 10.1 Å². The van der Waals surface area contributed by atoms with Gasteiger partial charge in [-0.25, -0.2) is 0 Å². The van der Waals surface area contributed by atoms with Crippen LogP contribution in [0.4, 0.5) is 0 Å². The van der Waals surface area contributed by atoms with Crippen molar-refractivity contribution < 1.29 is 4.74 Å². The minimum absolute atomic E-state index is 0.851. The van der Waals surface area contributed by atoms with Crippen LogP contribution in [0.3, 0.4) is 0 Å². The number of hydrogen-bond acceptors (Lipinski definition) is 2. The summed E-state index contributed by atoms with van der Waals surface area (Å²) in [7, 11) is 3.63. The van der Waals surface area contributed by atoms with E-state index in [9.17, 15) is 0 Å². The number of ether oxygens (including phenoxy) is 1. The zero-order chi connectivity index (χ0) is 11.4. The van der Waals surface area contributed by atoms with Gasteiger partial charge >= 0.3 is 0 Å². The van der Waals surface area contributed by atoms with Gasteiger partial charge in [0.1, 0.15) is 5.75 Å². The Kier molecular flexibility index (Phi) is 3.27. The molecule has 0 amide bonds. The second-order valence-electron chi connectivity index (χ2n) is 3.60. The minimum Gasteiger partial charge on any atom is -0.497 e. The van der Waals surface area contributed by atoms with Crippen molar-refractivity contribution in [2.75, 3.05) is 14.2 Å². The molecule has 1 N–H and O–H groups in total. The predicted molar refractivity (Wildman–Crippen MR) is 65.1 cm³/mol. The van der Waals surface area contributed by atoms with Gasteiger partial charge in [0.15, 0.2) is 0 Å². The normalized spacial score (nSPS) is 10.4. The molecule has 0 bridgehead atoms. The lowest BCUT2D eigenvalue weighted by atomic mass is 10.3. The number of rotatable bonds is 4. The molecule has 1 aromatic carbocycles. The Morgan fingerprint density at radius 1 is 1.25 bits per heavy atom. The maximum absolute atomic E-state index is 5.22. The molecule has 84 valence electrons. The van der Waals surface area contributed by atoms with Crippen LogP contribution in [0.1, 0.15) is 5.69 Å². The van der Waals surface area contributed by atoms with Crippen molar-refractivity contribution in [3.05, 3.63) is 48.3 Å². The molecule has 0 saturated carbocycles. The Hall–Kier alpha value is -1.74. The molecule has 0 fully saturated rings. The molecule has 1 aromatic heterocycles. The predicted octanol–water partition coefficient (Wildman–Crippen LogP) is 2.21. The number of methoxy groups -OCH3 is 1. The molecule has 2 rings (SSSR count). The fourth-order valence-electron chi connectivity index (χ4n) is 1.75. The van der Waals surface area contributed by atoms with Gasteiger partial charge in [0.2, 0.25) is 0 Å². The minimum atomic E-state index is 0.851. The van der Waals surface area contributed by atoms with E-state index in [1.807, 2.05) is 31.3 Å². The van der Waals surface area contributed by atoms with Gasteiger partial charge in [0.05, 0.1) is 7.11 Å². The third kappa shape index (κ3) is 2.09. The first-order valence-corrected chi connectivity index (χ1v) is 5.30. The average molecular weight is 216 g/mol. The number of nitrogens with zero attached hydrogens (tertiary/aromatic N) is 1. The van der Waals surface area contributed by atoms with Crippen LogP contribution in [0.5, 0.6) is 5.75 Å². The summed E-state index contributed by atoms with van der Waals surface area (Å²) in [6.45, 7) is 0.851. The molecular formula is C13H16N2O. The highest BCUT2D eigenvalue weighted by Crippen LogP contribution is 2.18. The van der Waals surface area contributed by atoms with E-state index < -0.39 is 0 Å². The molecular weight excluding hydrogens is 200 g/mol. The Labute approximate surface area is 95.7 Å². The van der Waals surface area contributed by atoms with E-state index >= 15 is 0 Å². The highest BCUT2D eigenvalue weighted by molar-refractivity contribution is 5.41. The molecule has 0 aliphatic carbocycles. The summed E-state index contributed by atoms with van der Waals surface area (Å²) in [6, 6.07) is 12.2. The van der Waals surface area contributed by atoms with Gasteiger partial charge in [-0.1, -0.05) is 6.07 Å². The number of nitrogens with one attached hydrogen (secondary N) is 1. The summed E-state index contributed by atoms with van der Waals surface area (Å²) in [4.78, 5) is 0. The summed E-state index contributed by atoms with van der Waals surface area (Å²) in [5, 5.41) is 3.16. The van der Waals surface area contributed by atoms with E-state index in [4.69, 9.17) is 4.74 Å². The second kappa shape index (κ2) is 4.86. The van der Waals surface area contributed by atoms with Gasteiger partial charge in [0.25, 0.3) is 0 Å². The van der Waals surface area contributed by atoms with Crippen LogP contribution in [0.2, 0.25) is 0 Å². The van der Waals surface area contributed by atoms with Crippen molar-refractivity contribution in [2.24, 2.45) is 0 Å². The molecule has 3 nitrogen and oxygen atoms in total. The highest BCUT2D eigenvalue weighted by atomic mass is 16.5. The van der Waals surface area contributed by atoms with Gasteiger partial charge < -0.3 is 14.6 Å². The standard InChI is InChI=1S/C13H16N2O/c1-14-10-12-6-4-8-15(12)11-5-3-7-13(9-11)16-2/h3-9,14H,10H2,1-2H3. The van der Waals surface area contributed by atoms with Crippen LogP contribution in [0, 0.1) is 0 Å². The van der Waals surface area contributed by atoms with Gasteiger partial charge in [-0.05, 0) is 31.3 Å². The van der Waals surface area contributed by atoms with Crippen LogP contribution in [0.15, 0.2) is 42.6 Å². The largest absolute Gasteiger partial charge is 0.497 e. The van der Waals surface area contributed by atoms with E-state index in [0.717, 1.165) is 18.0 Å². The molecule has 0 unspecified atom stereocenters. The van der Waals surface area contributed by atoms with Crippen LogP contribution >= 0.6 is 0 Å². The van der Waals surface area contributed by atoms with E-state index in [1.54, 1.807) is 7.11 Å². The molecule has 3 heteroatoms. The van der Waals surface area contributed by atoms with Crippen molar-refractivity contribution >= 4 is 0 Å². The van der Waals surface area contributed by atoms with E-state index in [-0.39, 0.29) is 0 Å². The Morgan fingerprint density at radius 2 is 2.12 bits per heavy atom. The summed E-state index contributed by atoms with van der Waals surface area (Å²) >= 11 is 0. The summed E-state index contributed by atoms with van der Waals surface area (Å²) in [6.07, 6.45) is 2.06. The Bertz CT molecular complexity index is 462. The monoisotopic (exact) mass is 216 g/mol. The third-order valence-corrected chi connectivity index (χ3v) is 2.52. The molecule has 0 atom stereocenters. The lowest BCUT2D eigenvalue weighted by molar-refractivity contribution is 0.414. The molecule has 0 aliphatic rings. The quantitative estimate of drug-likeness (QED) is 0.848. The van der Waals surface area contributed by atoms with E-state index in [0.29, 0.717) is 0 Å². The zero-order valence-corrected chi connectivity index (χ0v) is 9.60. The van der Waals surface area contributed by atoms with E-state index in [2.05, 4.69) is 28.2 Å². The lowest BCUT2D eigenvalue weighted by Crippen LogP contribution is -2.09. The summed E-state index contributed by atoms with van der Waals surface area (Å²) in [5.41, 5.74) is 2.35. The molecule has 16 heavy (non-hydrogen) atoms. The van der Waals surface area contributed by atoms with Crippen LogP contribution in [0.25, 0.3) is 5.69 Å². The van der Waals surface area contributed by atoms with Crippen LogP contribution in [-0.4, -0.2) is 18.7 Å². The molecule has 1 heterocycles. The van der Waals surface area contributed by atoms with Gasteiger partial charge in [-0.2, -0.15) is 0 Å². The van der Waals surface area contributed by atoms with Crippen molar-refractivity contribution in [3.63, 3.8) is 0 Å². The zero-order valence-electron chi connectivity index (χ0n) is 9.60. The summed E-state index contributed by atoms with van der Waals surface area (Å²) < 4.78 is 7.38. The third-order valence-electron chi connectivity index (χ3n) is 2.52. The molecule has 0 aliphatic heterocycles. The Balaban J connectivity index is 2.37. The highest BCUT2D eigenvalue weighted by Gasteiger charge is 2.02. The lowest BCUT2D eigenvalue weighted by Gasteiger charge is -2.10. The first-order valence-electron chi connectivity index (χ1n) is 5.30. The maximum atomic E-state index is 5.22. The smallest absolute Gasteiger partial charge is 0.120 e. The second-order valence-corrected chi connectivity index (χ2v) is 3.60.